The van der Waals surface area contributed by atoms with Crippen molar-refractivity contribution < 1.29 is 19.1 Å². The van der Waals surface area contributed by atoms with Crippen LogP contribution in [0.1, 0.15) is 34.1 Å². The first kappa shape index (κ1) is 16.1. The van der Waals surface area contributed by atoms with Crippen LogP contribution in [0.15, 0.2) is 18.2 Å². The first-order valence-electron chi connectivity index (χ1n) is 7.41. The van der Waals surface area contributed by atoms with Crippen LogP contribution in [0.25, 0.3) is 0 Å². The summed E-state index contributed by atoms with van der Waals surface area (Å²) in [6.07, 6.45) is 0.425. The number of carbonyl (C=O) groups excluding carboxylic acids is 2. The smallest absolute Gasteiger partial charge is 0.329 e. The zero-order valence-corrected chi connectivity index (χ0v) is 13.4. The standard InChI is InChI=1S/C16H22N2O4/c1-5-11(14(19)21-6-2)18-13-10(17)8-7-9-12(13)22-16(3,4)15(18)20/h7-9,11H,5-6,17H2,1-4H3. The fraction of sp³-hybridized carbons (Fsp3) is 0.500. The van der Waals surface area contributed by atoms with Gasteiger partial charge in [0.15, 0.2) is 5.60 Å². The largest absolute Gasteiger partial charge is 0.476 e. The van der Waals surface area contributed by atoms with Crippen molar-refractivity contribution in [1.82, 2.24) is 0 Å². The molecule has 0 spiro atoms. The molecule has 0 radical (unpaired) electrons. The van der Waals surface area contributed by atoms with Gasteiger partial charge in [0.05, 0.1) is 12.3 Å². The maximum absolute atomic E-state index is 12.8. The molecule has 2 N–H and O–H groups in total. The minimum atomic E-state index is -1.07. The van der Waals surface area contributed by atoms with Gasteiger partial charge in [-0.3, -0.25) is 9.69 Å². The summed E-state index contributed by atoms with van der Waals surface area (Å²) in [5.41, 5.74) is 5.78. The van der Waals surface area contributed by atoms with Crippen molar-refractivity contribution >= 4 is 23.3 Å². The highest BCUT2D eigenvalue weighted by molar-refractivity contribution is 6.08. The van der Waals surface area contributed by atoms with Gasteiger partial charge in [-0.05, 0) is 39.3 Å². The number of fused-ring (bicyclic) bond motifs is 1. The fourth-order valence-corrected chi connectivity index (χ4v) is 2.58. The van der Waals surface area contributed by atoms with Gasteiger partial charge in [-0.15, -0.1) is 0 Å². The molecule has 22 heavy (non-hydrogen) atoms. The number of hydrogen-bond donors (Lipinski definition) is 1. The lowest BCUT2D eigenvalue weighted by Gasteiger charge is -2.41. The molecule has 0 aliphatic carbocycles. The molecule has 1 atom stereocenters. The molecule has 1 unspecified atom stereocenters. The van der Waals surface area contributed by atoms with E-state index in [0.717, 1.165) is 0 Å². The number of para-hydroxylation sites is 1. The Morgan fingerprint density at radius 1 is 1.41 bits per heavy atom. The summed E-state index contributed by atoms with van der Waals surface area (Å²) < 4.78 is 10.9. The SMILES string of the molecule is CCOC(=O)C(CC)N1C(=O)C(C)(C)Oc2cccc(N)c21. The van der Waals surface area contributed by atoms with Gasteiger partial charge in [-0.1, -0.05) is 13.0 Å². The molecular formula is C16H22N2O4. The molecule has 1 aliphatic rings. The average molecular weight is 306 g/mol. The highest BCUT2D eigenvalue weighted by Crippen LogP contribution is 2.43. The Labute approximate surface area is 130 Å². The average Bonchev–Trinajstić information content (AvgIpc) is 2.44. The second-order valence-corrected chi connectivity index (χ2v) is 5.66. The lowest BCUT2D eigenvalue weighted by Crippen LogP contribution is -2.58. The summed E-state index contributed by atoms with van der Waals surface area (Å²) in [7, 11) is 0. The number of amides is 1. The van der Waals surface area contributed by atoms with E-state index in [1.54, 1.807) is 39.0 Å². The number of benzene rings is 1. The Balaban J connectivity index is 2.57. The Morgan fingerprint density at radius 3 is 2.68 bits per heavy atom. The first-order valence-corrected chi connectivity index (χ1v) is 7.41. The molecule has 2 rings (SSSR count). The van der Waals surface area contributed by atoms with E-state index in [2.05, 4.69) is 0 Å². The molecule has 0 saturated heterocycles. The van der Waals surface area contributed by atoms with Crippen LogP contribution in [0.3, 0.4) is 0 Å². The molecule has 1 aliphatic heterocycles. The van der Waals surface area contributed by atoms with Crippen LogP contribution in [-0.2, 0) is 14.3 Å². The van der Waals surface area contributed by atoms with E-state index in [4.69, 9.17) is 15.2 Å². The third kappa shape index (κ3) is 2.61. The second kappa shape index (κ2) is 5.87. The zero-order chi connectivity index (χ0) is 16.5. The monoisotopic (exact) mass is 306 g/mol. The van der Waals surface area contributed by atoms with Crippen molar-refractivity contribution in [2.24, 2.45) is 0 Å². The van der Waals surface area contributed by atoms with Gasteiger partial charge in [-0.25, -0.2) is 4.79 Å². The second-order valence-electron chi connectivity index (χ2n) is 5.66. The molecule has 0 bridgehead atoms. The van der Waals surface area contributed by atoms with E-state index in [9.17, 15) is 9.59 Å². The number of ether oxygens (including phenoxy) is 2. The van der Waals surface area contributed by atoms with Crippen LogP contribution in [0.5, 0.6) is 5.75 Å². The molecule has 1 heterocycles. The molecule has 0 aromatic heterocycles. The molecule has 0 saturated carbocycles. The number of nitrogens with zero attached hydrogens (tertiary/aromatic N) is 1. The van der Waals surface area contributed by atoms with Gasteiger partial charge in [0.1, 0.15) is 17.5 Å². The van der Waals surface area contributed by atoms with Crippen molar-refractivity contribution in [1.29, 1.82) is 0 Å². The number of anilines is 2. The zero-order valence-electron chi connectivity index (χ0n) is 13.4. The molecule has 1 amide bonds. The summed E-state index contributed by atoms with van der Waals surface area (Å²) in [5, 5.41) is 0. The van der Waals surface area contributed by atoms with Crippen LogP contribution < -0.4 is 15.4 Å². The highest BCUT2D eigenvalue weighted by Gasteiger charge is 2.46. The Bertz CT molecular complexity index is 598. The van der Waals surface area contributed by atoms with Crippen molar-refractivity contribution in [2.75, 3.05) is 17.2 Å². The minimum Gasteiger partial charge on any atom is -0.476 e. The lowest BCUT2D eigenvalue weighted by molar-refractivity contribution is -0.147. The van der Waals surface area contributed by atoms with Crippen molar-refractivity contribution in [2.45, 2.75) is 45.8 Å². The quantitative estimate of drug-likeness (QED) is 0.680. The molecular weight excluding hydrogens is 284 g/mol. The number of rotatable bonds is 4. The van der Waals surface area contributed by atoms with Gasteiger partial charge in [0.2, 0.25) is 0 Å². The molecule has 6 nitrogen and oxygen atoms in total. The maximum Gasteiger partial charge on any atom is 0.329 e. The van der Waals surface area contributed by atoms with Crippen LogP contribution in [0.2, 0.25) is 0 Å². The predicted molar refractivity (Wildman–Crippen MR) is 83.8 cm³/mol. The van der Waals surface area contributed by atoms with E-state index in [1.807, 2.05) is 6.92 Å². The minimum absolute atomic E-state index is 0.258. The van der Waals surface area contributed by atoms with Crippen molar-refractivity contribution in [3.05, 3.63) is 18.2 Å². The molecule has 0 fully saturated rings. The summed E-state index contributed by atoms with van der Waals surface area (Å²) in [4.78, 5) is 26.5. The number of esters is 1. The summed E-state index contributed by atoms with van der Waals surface area (Å²) in [6.45, 7) is 7.17. The van der Waals surface area contributed by atoms with Gasteiger partial charge in [-0.2, -0.15) is 0 Å². The molecule has 120 valence electrons. The van der Waals surface area contributed by atoms with E-state index >= 15 is 0 Å². The number of nitrogens with two attached hydrogens (primary N) is 1. The van der Waals surface area contributed by atoms with Crippen molar-refractivity contribution in [3.8, 4) is 5.75 Å². The van der Waals surface area contributed by atoms with Gasteiger partial charge < -0.3 is 15.2 Å². The van der Waals surface area contributed by atoms with Gasteiger partial charge in [0, 0.05) is 0 Å². The van der Waals surface area contributed by atoms with E-state index in [-0.39, 0.29) is 12.5 Å². The van der Waals surface area contributed by atoms with E-state index in [1.165, 1.54) is 4.90 Å². The van der Waals surface area contributed by atoms with Crippen molar-refractivity contribution in [3.63, 3.8) is 0 Å². The normalized spacial score (nSPS) is 17.5. The summed E-state index contributed by atoms with van der Waals surface area (Å²) in [6, 6.07) is 4.45. The van der Waals surface area contributed by atoms with E-state index in [0.29, 0.717) is 23.5 Å². The molecule has 1 aromatic carbocycles. The van der Waals surface area contributed by atoms with Crippen LogP contribution in [0, 0.1) is 0 Å². The Hall–Kier alpha value is -2.24. The highest BCUT2D eigenvalue weighted by atomic mass is 16.5. The number of hydrogen-bond acceptors (Lipinski definition) is 5. The third-order valence-electron chi connectivity index (χ3n) is 3.63. The topological polar surface area (TPSA) is 81.9 Å². The van der Waals surface area contributed by atoms with E-state index < -0.39 is 17.6 Å². The predicted octanol–water partition coefficient (Wildman–Crippen LogP) is 2.11. The lowest BCUT2D eigenvalue weighted by atomic mass is 10.00. The first-order chi connectivity index (χ1) is 10.3. The summed E-state index contributed by atoms with van der Waals surface area (Å²) in [5.74, 6) is -0.254. The van der Waals surface area contributed by atoms with Gasteiger partial charge in [0.25, 0.3) is 5.91 Å². The number of carbonyl (C=O) groups is 2. The van der Waals surface area contributed by atoms with Crippen LogP contribution >= 0.6 is 0 Å². The third-order valence-corrected chi connectivity index (χ3v) is 3.63. The molecule has 6 heteroatoms. The van der Waals surface area contributed by atoms with Crippen LogP contribution in [-0.4, -0.2) is 30.1 Å². The fourth-order valence-electron chi connectivity index (χ4n) is 2.58. The number of nitrogen functional groups attached to an aromatic ring is 1. The van der Waals surface area contributed by atoms with Crippen LogP contribution in [0.4, 0.5) is 11.4 Å². The maximum atomic E-state index is 12.8. The Kier molecular flexibility index (Phi) is 4.30. The Morgan fingerprint density at radius 2 is 2.09 bits per heavy atom. The summed E-state index contributed by atoms with van der Waals surface area (Å²) >= 11 is 0. The molecule has 1 aromatic rings. The van der Waals surface area contributed by atoms with Gasteiger partial charge >= 0.3 is 5.97 Å².